The van der Waals surface area contributed by atoms with Crippen molar-refractivity contribution in [1.29, 1.82) is 0 Å². The van der Waals surface area contributed by atoms with E-state index in [1.54, 1.807) is 6.20 Å². The van der Waals surface area contributed by atoms with Crippen LogP contribution in [-0.2, 0) is 4.74 Å². The molecule has 150 valence electrons. The average molecular weight is 398 g/mol. The lowest BCUT2D eigenvalue weighted by Gasteiger charge is -2.47. The first-order valence-electron chi connectivity index (χ1n) is 9.48. The molecule has 29 heavy (non-hydrogen) atoms. The molecule has 1 aromatic carbocycles. The molecule has 7 nitrogen and oxygen atoms in total. The van der Waals surface area contributed by atoms with Gasteiger partial charge in [-0.25, -0.2) is 13.8 Å². The molecule has 3 aliphatic heterocycles. The van der Waals surface area contributed by atoms with Crippen LogP contribution in [0.4, 0.5) is 20.4 Å². The summed E-state index contributed by atoms with van der Waals surface area (Å²) in [7, 11) is 0. The topological polar surface area (TPSA) is 89.2 Å². The lowest BCUT2D eigenvalue weighted by Crippen LogP contribution is -2.57. The molecule has 2 aromatic heterocycles. The Hall–Kier alpha value is -2.91. The number of piperidine rings is 1. The van der Waals surface area contributed by atoms with Gasteiger partial charge in [-0.2, -0.15) is 5.10 Å². The van der Waals surface area contributed by atoms with Crippen molar-refractivity contribution in [3.8, 4) is 0 Å². The minimum Gasteiger partial charge on any atom is -0.371 e. The monoisotopic (exact) mass is 398 g/mol. The van der Waals surface area contributed by atoms with Gasteiger partial charge in [-0.3, -0.25) is 0 Å². The fraction of sp³-hybridized carbons (Fsp3) is 0.350. The van der Waals surface area contributed by atoms with Gasteiger partial charge in [0.2, 0.25) is 0 Å². The summed E-state index contributed by atoms with van der Waals surface area (Å²) >= 11 is 0. The van der Waals surface area contributed by atoms with Gasteiger partial charge in [0.15, 0.2) is 5.82 Å². The van der Waals surface area contributed by atoms with Crippen LogP contribution in [0.1, 0.15) is 23.8 Å². The SMILES string of the molecule is Cc1nnc(N[C@H](N)c2ccc(F)cc2F)c2cc(N3CC4CC(C3)O4)ncc12. The minimum atomic E-state index is -0.913. The van der Waals surface area contributed by atoms with Crippen LogP contribution in [0, 0.1) is 18.6 Å². The quantitative estimate of drug-likeness (QED) is 0.653. The highest BCUT2D eigenvalue weighted by molar-refractivity contribution is 5.94. The first kappa shape index (κ1) is 18.1. The van der Waals surface area contributed by atoms with Crippen LogP contribution in [0.3, 0.4) is 0 Å². The summed E-state index contributed by atoms with van der Waals surface area (Å²) < 4.78 is 33.0. The number of ether oxygens (including phenoxy) is 1. The van der Waals surface area contributed by atoms with Crippen molar-refractivity contribution < 1.29 is 13.5 Å². The van der Waals surface area contributed by atoms with E-state index in [0.29, 0.717) is 5.82 Å². The highest BCUT2D eigenvalue weighted by Crippen LogP contribution is 2.33. The number of aryl methyl sites for hydroxylation is 1. The molecule has 9 heteroatoms. The van der Waals surface area contributed by atoms with Gasteiger partial charge in [-0.15, -0.1) is 5.10 Å². The van der Waals surface area contributed by atoms with E-state index < -0.39 is 17.8 Å². The molecular formula is C20H20F2N6O. The van der Waals surface area contributed by atoms with Crippen molar-refractivity contribution in [2.45, 2.75) is 31.7 Å². The lowest BCUT2D eigenvalue weighted by atomic mass is 9.99. The van der Waals surface area contributed by atoms with E-state index in [1.807, 2.05) is 13.0 Å². The maximum Gasteiger partial charge on any atom is 0.158 e. The van der Waals surface area contributed by atoms with Gasteiger partial charge in [0.1, 0.15) is 23.6 Å². The van der Waals surface area contributed by atoms with Crippen molar-refractivity contribution >= 4 is 22.4 Å². The van der Waals surface area contributed by atoms with Gasteiger partial charge in [0.25, 0.3) is 0 Å². The van der Waals surface area contributed by atoms with Crippen LogP contribution in [-0.4, -0.2) is 40.5 Å². The van der Waals surface area contributed by atoms with E-state index in [9.17, 15) is 8.78 Å². The van der Waals surface area contributed by atoms with Crippen molar-refractivity contribution in [3.63, 3.8) is 0 Å². The van der Waals surface area contributed by atoms with E-state index >= 15 is 0 Å². The van der Waals surface area contributed by atoms with Gasteiger partial charge in [-0.05, 0) is 25.1 Å². The van der Waals surface area contributed by atoms with E-state index in [0.717, 1.165) is 47.9 Å². The van der Waals surface area contributed by atoms with Crippen molar-refractivity contribution in [1.82, 2.24) is 15.2 Å². The van der Waals surface area contributed by atoms with Crippen molar-refractivity contribution in [3.05, 3.63) is 53.4 Å². The van der Waals surface area contributed by atoms with E-state index in [2.05, 4.69) is 25.4 Å². The highest BCUT2D eigenvalue weighted by atomic mass is 19.1. The summed E-state index contributed by atoms with van der Waals surface area (Å²) in [5.74, 6) is -0.126. The second-order valence-corrected chi connectivity index (χ2v) is 7.53. The molecule has 3 aliphatic rings. The Bertz CT molecular complexity index is 1080. The summed E-state index contributed by atoms with van der Waals surface area (Å²) in [4.78, 5) is 6.79. The standard InChI is InChI=1S/C20H20F2N6O/c1-10-16-7-24-18(28-8-12-5-13(9-28)29-12)6-15(16)20(27-26-10)25-19(23)14-3-2-11(21)4-17(14)22/h2-4,6-7,12-13,19H,5,8-9,23H2,1H3,(H,25,27)/t12?,13?,19-/m0/s1. The Balaban J connectivity index is 1.49. The van der Waals surface area contributed by atoms with Gasteiger partial charge in [0.05, 0.1) is 17.9 Å². The second-order valence-electron chi connectivity index (χ2n) is 7.53. The Morgan fingerprint density at radius 2 is 1.93 bits per heavy atom. The van der Waals surface area contributed by atoms with Crippen LogP contribution in [0.5, 0.6) is 0 Å². The van der Waals surface area contributed by atoms with E-state index in [4.69, 9.17) is 10.5 Å². The molecule has 2 bridgehead atoms. The number of benzene rings is 1. The summed E-state index contributed by atoms with van der Waals surface area (Å²) in [6.07, 6.45) is 2.47. The minimum absolute atomic E-state index is 0.143. The molecule has 0 amide bonds. The number of rotatable bonds is 4. The van der Waals surface area contributed by atoms with Crippen molar-refractivity contribution in [2.24, 2.45) is 5.73 Å². The molecule has 0 spiro atoms. The number of nitrogens with two attached hydrogens (primary N) is 1. The molecule has 3 saturated heterocycles. The molecule has 0 saturated carbocycles. The molecule has 3 atom stereocenters. The third kappa shape index (κ3) is 3.26. The summed E-state index contributed by atoms with van der Waals surface area (Å²) in [6, 6.07) is 5.24. The maximum absolute atomic E-state index is 14.1. The number of halogens is 2. The normalized spacial score (nSPS) is 21.7. The first-order chi connectivity index (χ1) is 14.0. The molecule has 3 aromatic rings. The fourth-order valence-corrected chi connectivity index (χ4v) is 3.96. The van der Waals surface area contributed by atoms with Crippen LogP contribution in [0.25, 0.3) is 10.8 Å². The van der Waals surface area contributed by atoms with E-state index in [-0.39, 0.29) is 17.8 Å². The number of hydrogen-bond donors (Lipinski definition) is 2. The third-order valence-electron chi connectivity index (χ3n) is 5.51. The van der Waals surface area contributed by atoms with Gasteiger partial charge in [0, 0.05) is 48.1 Å². The molecule has 0 radical (unpaired) electrons. The smallest absolute Gasteiger partial charge is 0.158 e. The molecule has 5 heterocycles. The number of nitrogens with one attached hydrogen (secondary N) is 1. The van der Waals surface area contributed by atoms with Crippen LogP contribution < -0.4 is 16.0 Å². The average Bonchev–Trinajstić information content (AvgIpc) is 2.69. The number of nitrogens with zero attached hydrogens (tertiary/aromatic N) is 4. The third-order valence-corrected chi connectivity index (χ3v) is 5.51. The lowest BCUT2D eigenvalue weighted by molar-refractivity contribution is -0.133. The van der Waals surface area contributed by atoms with Gasteiger partial charge >= 0.3 is 0 Å². The molecule has 3 N–H and O–H groups in total. The van der Waals surface area contributed by atoms with Crippen LogP contribution >= 0.6 is 0 Å². The van der Waals surface area contributed by atoms with Crippen LogP contribution in [0.15, 0.2) is 30.5 Å². The second kappa shape index (κ2) is 6.85. The molecule has 3 fully saturated rings. The molecular weight excluding hydrogens is 378 g/mol. The molecule has 2 unspecified atom stereocenters. The fourth-order valence-electron chi connectivity index (χ4n) is 3.96. The van der Waals surface area contributed by atoms with Crippen LogP contribution in [0.2, 0.25) is 0 Å². The summed E-state index contributed by atoms with van der Waals surface area (Å²) in [6.45, 7) is 3.45. The Labute approximate surface area is 165 Å². The zero-order valence-corrected chi connectivity index (χ0v) is 15.8. The van der Waals surface area contributed by atoms with Crippen molar-refractivity contribution in [2.75, 3.05) is 23.3 Å². The predicted molar refractivity (Wildman–Crippen MR) is 104 cm³/mol. The zero-order valence-electron chi connectivity index (χ0n) is 15.8. The van der Waals surface area contributed by atoms with Gasteiger partial charge in [-0.1, -0.05) is 0 Å². The van der Waals surface area contributed by atoms with E-state index in [1.165, 1.54) is 12.1 Å². The predicted octanol–water partition coefficient (Wildman–Crippen LogP) is 2.66. The number of pyridine rings is 1. The summed E-state index contributed by atoms with van der Waals surface area (Å²) in [5, 5.41) is 13.0. The largest absolute Gasteiger partial charge is 0.371 e. The zero-order chi connectivity index (χ0) is 20.1. The first-order valence-corrected chi connectivity index (χ1v) is 9.48. The number of hydrogen-bond acceptors (Lipinski definition) is 7. The number of anilines is 2. The maximum atomic E-state index is 14.1. The number of morpholine rings is 1. The number of fused-ring (bicyclic) bond motifs is 3. The highest BCUT2D eigenvalue weighted by Gasteiger charge is 2.38. The Kier molecular flexibility index (Phi) is 4.29. The summed E-state index contributed by atoms with van der Waals surface area (Å²) in [5.41, 5.74) is 7.00. The number of aromatic nitrogens is 3. The molecule has 6 rings (SSSR count). The van der Waals surface area contributed by atoms with Gasteiger partial charge < -0.3 is 20.7 Å². The Morgan fingerprint density at radius 3 is 2.66 bits per heavy atom. The Morgan fingerprint density at radius 1 is 1.17 bits per heavy atom. The molecule has 0 aliphatic carbocycles.